The summed E-state index contributed by atoms with van der Waals surface area (Å²) in [5.74, 6) is 0. The molecule has 4 heteroatoms. The monoisotopic (exact) mass is 488 g/mol. The number of unbranched alkanes of at least 4 members (excludes halogenated alkanes) is 6. The predicted molar refractivity (Wildman–Crippen MR) is 150 cm³/mol. The lowest BCUT2D eigenvalue weighted by Gasteiger charge is -2.03. The van der Waals surface area contributed by atoms with Gasteiger partial charge in [-0.25, -0.2) is 9.97 Å². The molecule has 34 heavy (non-hydrogen) atoms. The molecule has 0 aliphatic rings. The number of hydrogen-bond donors (Lipinski definition) is 0. The molecule has 2 aromatic heterocycles. The third kappa shape index (κ3) is 6.86. The standard InChI is InChI=1S/C30H36N2S2/c1-3-5-7-9-11-23-13-17-25(18-14-23)27-21-31-29(33-27)30-32-22-28(34-30)26-19-15-24(16-20-26)12-10-8-6-4-2/h13-22H,3-12H2,1-2H3. The molecule has 0 amide bonds. The zero-order valence-corrected chi connectivity index (χ0v) is 22.2. The van der Waals surface area contributed by atoms with Gasteiger partial charge in [0, 0.05) is 12.4 Å². The van der Waals surface area contributed by atoms with E-state index in [1.165, 1.54) is 96.2 Å². The Morgan fingerprint density at radius 2 is 0.941 bits per heavy atom. The van der Waals surface area contributed by atoms with Crippen LogP contribution in [0.2, 0.25) is 0 Å². The summed E-state index contributed by atoms with van der Waals surface area (Å²) < 4.78 is 0. The minimum Gasteiger partial charge on any atom is -0.241 e. The van der Waals surface area contributed by atoms with Crippen LogP contribution in [0.15, 0.2) is 60.9 Å². The largest absolute Gasteiger partial charge is 0.241 e. The third-order valence-electron chi connectivity index (χ3n) is 6.31. The van der Waals surface area contributed by atoms with Crippen molar-refractivity contribution in [3.63, 3.8) is 0 Å². The number of aromatic nitrogens is 2. The number of thiazole rings is 2. The normalized spacial score (nSPS) is 11.2. The molecule has 0 bridgehead atoms. The minimum atomic E-state index is 1.00. The second-order valence-corrected chi connectivity index (χ2v) is 11.1. The van der Waals surface area contributed by atoms with Gasteiger partial charge in [0.15, 0.2) is 10.0 Å². The van der Waals surface area contributed by atoms with Gasteiger partial charge in [-0.05, 0) is 47.9 Å². The molecule has 0 aliphatic carbocycles. The van der Waals surface area contributed by atoms with Crippen molar-refractivity contribution >= 4 is 22.7 Å². The first-order valence-electron chi connectivity index (χ1n) is 12.9. The maximum absolute atomic E-state index is 4.69. The van der Waals surface area contributed by atoms with Gasteiger partial charge in [0.2, 0.25) is 0 Å². The molecule has 4 rings (SSSR count). The molecule has 178 valence electrons. The predicted octanol–water partition coefficient (Wildman–Crippen LogP) is 9.85. The number of benzene rings is 2. The van der Waals surface area contributed by atoms with Gasteiger partial charge in [0.25, 0.3) is 0 Å². The Hall–Kier alpha value is -2.30. The second kappa shape index (κ2) is 13.0. The average molecular weight is 489 g/mol. The zero-order valence-electron chi connectivity index (χ0n) is 20.6. The van der Waals surface area contributed by atoms with Crippen molar-refractivity contribution in [1.82, 2.24) is 9.97 Å². The summed E-state index contributed by atoms with van der Waals surface area (Å²) >= 11 is 3.46. The van der Waals surface area contributed by atoms with Crippen LogP contribution < -0.4 is 0 Å². The Morgan fingerprint density at radius 3 is 1.32 bits per heavy atom. The fourth-order valence-corrected chi connectivity index (χ4v) is 6.07. The van der Waals surface area contributed by atoms with Crippen molar-refractivity contribution in [2.24, 2.45) is 0 Å². The maximum Gasteiger partial charge on any atom is 0.152 e. The van der Waals surface area contributed by atoms with Crippen LogP contribution in [-0.2, 0) is 12.8 Å². The minimum absolute atomic E-state index is 1.00. The van der Waals surface area contributed by atoms with E-state index in [2.05, 4.69) is 62.4 Å². The van der Waals surface area contributed by atoms with Crippen LogP contribution in [0.3, 0.4) is 0 Å². The fraction of sp³-hybridized carbons (Fsp3) is 0.400. The Labute approximate surface area is 213 Å². The molecule has 0 radical (unpaired) electrons. The quantitative estimate of drug-likeness (QED) is 0.175. The molecule has 0 saturated heterocycles. The SMILES string of the molecule is CCCCCCc1ccc(-c2cnc(-c3ncc(-c4ccc(CCCCCC)cc4)s3)s2)cc1. The average Bonchev–Trinajstić information content (AvgIpc) is 3.56. The first kappa shape index (κ1) is 24.8. The van der Waals surface area contributed by atoms with Gasteiger partial charge in [-0.3, -0.25) is 0 Å². The smallest absolute Gasteiger partial charge is 0.152 e. The molecule has 4 aromatic rings. The summed E-state index contributed by atoms with van der Waals surface area (Å²) in [4.78, 5) is 11.8. The van der Waals surface area contributed by atoms with Gasteiger partial charge in [-0.2, -0.15) is 0 Å². The van der Waals surface area contributed by atoms with Gasteiger partial charge in [0.05, 0.1) is 9.75 Å². The highest BCUT2D eigenvalue weighted by Crippen LogP contribution is 2.37. The van der Waals surface area contributed by atoms with E-state index in [0.29, 0.717) is 0 Å². The van der Waals surface area contributed by atoms with E-state index in [0.717, 1.165) is 10.0 Å². The van der Waals surface area contributed by atoms with Crippen LogP contribution in [0.25, 0.3) is 30.9 Å². The molecule has 0 N–H and O–H groups in total. The Bertz CT molecular complexity index is 1030. The van der Waals surface area contributed by atoms with E-state index in [9.17, 15) is 0 Å². The summed E-state index contributed by atoms with van der Waals surface area (Å²) in [6.07, 6.45) is 16.8. The van der Waals surface area contributed by atoms with E-state index in [1.54, 1.807) is 22.7 Å². The Kier molecular flexibility index (Phi) is 9.46. The van der Waals surface area contributed by atoms with Crippen LogP contribution in [0, 0.1) is 0 Å². The van der Waals surface area contributed by atoms with Gasteiger partial charge in [-0.1, -0.05) is 101 Å². The topological polar surface area (TPSA) is 25.8 Å². The van der Waals surface area contributed by atoms with Crippen LogP contribution in [0.4, 0.5) is 0 Å². The van der Waals surface area contributed by atoms with E-state index < -0.39 is 0 Å². The highest BCUT2D eigenvalue weighted by molar-refractivity contribution is 7.24. The molecular weight excluding hydrogens is 452 g/mol. The van der Waals surface area contributed by atoms with Gasteiger partial charge in [0.1, 0.15) is 0 Å². The van der Waals surface area contributed by atoms with Crippen LogP contribution in [-0.4, -0.2) is 9.97 Å². The first-order chi connectivity index (χ1) is 16.8. The molecule has 2 heterocycles. The fourth-order valence-electron chi connectivity index (χ4n) is 4.20. The van der Waals surface area contributed by atoms with Crippen LogP contribution in [0.1, 0.15) is 76.3 Å². The molecule has 2 aromatic carbocycles. The van der Waals surface area contributed by atoms with Crippen molar-refractivity contribution in [3.8, 4) is 30.9 Å². The van der Waals surface area contributed by atoms with E-state index in [1.807, 2.05) is 12.4 Å². The van der Waals surface area contributed by atoms with Gasteiger partial charge < -0.3 is 0 Å². The molecule has 0 fully saturated rings. The molecule has 0 saturated carbocycles. The van der Waals surface area contributed by atoms with E-state index in [4.69, 9.17) is 9.97 Å². The molecule has 0 atom stereocenters. The second-order valence-electron chi connectivity index (χ2n) is 9.07. The molecule has 0 spiro atoms. The summed E-state index contributed by atoms with van der Waals surface area (Å²) in [5, 5.41) is 2.00. The highest BCUT2D eigenvalue weighted by Gasteiger charge is 2.12. The molecule has 0 aliphatic heterocycles. The molecule has 0 unspecified atom stereocenters. The summed E-state index contributed by atoms with van der Waals surface area (Å²) in [7, 11) is 0. The lowest BCUT2D eigenvalue weighted by molar-refractivity contribution is 0.667. The number of aryl methyl sites for hydroxylation is 2. The number of rotatable bonds is 13. The van der Waals surface area contributed by atoms with Gasteiger partial charge in [-0.15, -0.1) is 22.7 Å². The molecular formula is C30H36N2S2. The van der Waals surface area contributed by atoms with E-state index >= 15 is 0 Å². The Morgan fingerprint density at radius 1 is 0.529 bits per heavy atom. The summed E-state index contributed by atoms with van der Waals surface area (Å²) in [5.41, 5.74) is 5.35. The first-order valence-corrected chi connectivity index (χ1v) is 14.5. The third-order valence-corrected chi connectivity index (χ3v) is 8.54. The van der Waals surface area contributed by atoms with Crippen molar-refractivity contribution in [3.05, 3.63) is 72.1 Å². The van der Waals surface area contributed by atoms with Crippen molar-refractivity contribution in [2.45, 2.75) is 78.1 Å². The number of nitrogens with zero attached hydrogens (tertiary/aromatic N) is 2. The van der Waals surface area contributed by atoms with E-state index in [-0.39, 0.29) is 0 Å². The summed E-state index contributed by atoms with van der Waals surface area (Å²) in [6.45, 7) is 4.52. The van der Waals surface area contributed by atoms with Crippen molar-refractivity contribution < 1.29 is 0 Å². The zero-order chi connectivity index (χ0) is 23.6. The van der Waals surface area contributed by atoms with Crippen molar-refractivity contribution in [2.75, 3.05) is 0 Å². The van der Waals surface area contributed by atoms with Crippen molar-refractivity contribution in [1.29, 1.82) is 0 Å². The van der Waals surface area contributed by atoms with Crippen LogP contribution in [0.5, 0.6) is 0 Å². The molecule has 2 nitrogen and oxygen atoms in total. The summed E-state index contributed by atoms with van der Waals surface area (Å²) in [6, 6.07) is 18.1. The lowest BCUT2D eigenvalue weighted by Crippen LogP contribution is -1.85. The highest BCUT2D eigenvalue weighted by atomic mass is 32.1. The lowest BCUT2D eigenvalue weighted by atomic mass is 10.0. The Balaban J connectivity index is 1.37. The number of hydrogen-bond acceptors (Lipinski definition) is 4. The maximum atomic E-state index is 4.69. The van der Waals surface area contributed by atoms with Gasteiger partial charge >= 0.3 is 0 Å². The van der Waals surface area contributed by atoms with Crippen LogP contribution >= 0.6 is 22.7 Å².